The van der Waals surface area contributed by atoms with Crippen molar-refractivity contribution in [2.24, 2.45) is 5.92 Å². The van der Waals surface area contributed by atoms with Gasteiger partial charge in [-0.2, -0.15) is 0 Å². The zero-order valence-electron chi connectivity index (χ0n) is 7.05. The number of rotatable bonds is 2. The summed E-state index contributed by atoms with van der Waals surface area (Å²) in [6.45, 7) is 1.11. The summed E-state index contributed by atoms with van der Waals surface area (Å²) >= 11 is 0. The predicted octanol–water partition coefficient (Wildman–Crippen LogP) is 1.06. The average Bonchev–Trinajstić information content (AvgIpc) is 2.78. The molecule has 0 N–H and O–H groups in total. The van der Waals surface area contributed by atoms with Crippen molar-refractivity contribution in [3.63, 3.8) is 0 Å². The van der Waals surface area contributed by atoms with Crippen LogP contribution in [-0.4, -0.2) is 30.3 Å². The van der Waals surface area contributed by atoms with Gasteiger partial charge in [0.25, 0.3) is 0 Å². The lowest BCUT2D eigenvalue weighted by Gasteiger charge is -2.30. The number of aldehydes is 1. The maximum atomic E-state index is 11.0. The van der Waals surface area contributed by atoms with Crippen molar-refractivity contribution in [1.29, 1.82) is 0 Å². The number of carbonyl (C=O) groups is 1. The van der Waals surface area contributed by atoms with Crippen molar-refractivity contribution >= 4 is 6.29 Å². The zero-order valence-corrected chi connectivity index (χ0v) is 7.05. The second-order valence-corrected chi connectivity index (χ2v) is 3.91. The Morgan fingerprint density at radius 3 is 2.64 bits per heavy atom. The van der Waals surface area contributed by atoms with Gasteiger partial charge < -0.3 is 4.79 Å². The smallest absolute Gasteiger partial charge is 0.140 e. The molecule has 62 valence electrons. The van der Waals surface area contributed by atoms with Crippen molar-refractivity contribution in [3.05, 3.63) is 0 Å². The van der Waals surface area contributed by atoms with Gasteiger partial charge in [-0.3, -0.25) is 4.90 Å². The molecule has 0 amide bonds. The molecule has 2 heteroatoms. The summed E-state index contributed by atoms with van der Waals surface area (Å²) in [4.78, 5) is 13.2. The first-order chi connectivity index (χ1) is 5.29. The summed E-state index contributed by atoms with van der Waals surface area (Å²) < 4.78 is 0. The van der Waals surface area contributed by atoms with Gasteiger partial charge in [-0.25, -0.2) is 0 Å². The molecule has 2 aliphatic rings. The maximum Gasteiger partial charge on any atom is 0.140 e. The lowest BCUT2D eigenvalue weighted by Crippen LogP contribution is -2.44. The molecule has 2 nitrogen and oxygen atoms in total. The monoisotopic (exact) mass is 153 g/mol. The van der Waals surface area contributed by atoms with Gasteiger partial charge in [0.2, 0.25) is 0 Å². The first-order valence-electron chi connectivity index (χ1n) is 4.47. The first kappa shape index (κ1) is 7.29. The maximum absolute atomic E-state index is 11.0. The summed E-state index contributed by atoms with van der Waals surface area (Å²) in [7, 11) is 2.08. The third-order valence-corrected chi connectivity index (χ3v) is 3.27. The Bertz CT molecular complexity index is 176. The van der Waals surface area contributed by atoms with Crippen LogP contribution < -0.4 is 0 Å². The van der Waals surface area contributed by atoms with Crippen molar-refractivity contribution in [2.45, 2.75) is 31.2 Å². The Labute approximate surface area is 67.6 Å². The highest BCUT2D eigenvalue weighted by Gasteiger charge is 2.50. The van der Waals surface area contributed by atoms with Gasteiger partial charge in [-0.1, -0.05) is 0 Å². The van der Waals surface area contributed by atoms with Crippen molar-refractivity contribution in [3.8, 4) is 0 Å². The van der Waals surface area contributed by atoms with E-state index in [1.54, 1.807) is 0 Å². The van der Waals surface area contributed by atoms with Gasteiger partial charge in [0.1, 0.15) is 6.29 Å². The van der Waals surface area contributed by atoms with E-state index in [0.717, 1.165) is 13.0 Å². The molecule has 1 heterocycles. The second-order valence-electron chi connectivity index (χ2n) is 3.91. The van der Waals surface area contributed by atoms with Crippen LogP contribution in [0.15, 0.2) is 0 Å². The first-order valence-corrected chi connectivity index (χ1v) is 4.47. The Morgan fingerprint density at radius 1 is 1.55 bits per heavy atom. The van der Waals surface area contributed by atoms with Crippen molar-refractivity contribution in [2.75, 3.05) is 13.6 Å². The normalized spacial score (nSPS) is 39.4. The van der Waals surface area contributed by atoms with E-state index in [-0.39, 0.29) is 5.54 Å². The summed E-state index contributed by atoms with van der Waals surface area (Å²) in [5.74, 6) is 0.687. The van der Waals surface area contributed by atoms with Gasteiger partial charge in [-0.15, -0.1) is 0 Å². The van der Waals surface area contributed by atoms with Gasteiger partial charge in [0.15, 0.2) is 0 Å². The van der Waals surface area contributed by atoms with E-state index in [1.807, 2.05) is 0 Å². The van der Waals surface area contributed by atoms with E-state index in [9.17, 15) is 4.79 Å². The number of nitrogens with zero attached hydrogens (tertiary/aromatic N) is 1. The van der Waals surface area contributed by atoms with Gasteiger partial charge in [0, 0.05) is 0 Å². The van der Waals surface area contributed by atoms with E-state index >= 15 is 0 Å². The van der Waals surface area contributed by atoms with Gasteiger partial charge in [-0.05, 0) is 45.2 Å². The molecule has 1 aliphatic carbocycles. The molecule has 0 bridgehead atoms. The molecule has 0 spiro atoms. The van der Waals surface area contributed by atoms with Crippen LogP contribution in [-0.2, 0) is 4.79 Å². The Hall–Kier alpha value is -0.370. The van der Waals surface area contributed by atoms with Crippen LogP contribution in [0.2, 0.25) is 0 Å². The third kappa shape index (κ3) is 0.924. The minimum absolute atomic E-state index is 0.0417. The number of likely N-dealkylation sites (tertiary alicyclic amines) is 1. The molecule has 0 aromatic carbocycles. The second kappa shape index (κ2) is 2.31. The van der Waals surface area contributed by atoms with Crippen LogP contribution in [0.3, 0.4) is 0 Å². The molecule has 1 unspecified atom stereocenters. The van der Waals surface area contributed by atoms with Crippen molar-refractivity contribution in [1.82, 2.24) is 4.90 Å². The fraction of sp³-hybridized carbons (Fsp3) is 0.889. The lowest BCUT2D eigenvalue weighted by molar-refractivity contribution is -0.117. The van der Waals surface area contributed by atoms with Crippen LogP contribution >= 0.6 is 0 Å². The largest absolute Gasteiger partial charge is 0.301 e. The quantitative estimate of drug-likeness (QED) is 0.553. The number of hydrogen-bond donors (Lipinski definition) is 0. The van der Waals surface area contributed by atoms with Crippen LogP contribution in [0.1, 0.15) is 25.7 Å². The molecule has 11 heavy (non-hydrogen) atoms. The van der Waals surface area contributed by atoms with Crippen molar-refractivity contribution < 1.29 is 4.79 Å². The Morgan fingerprint density at radius 2 is 2.27 bits per heavy atom. The molecule has 1 saturated heterocycles. The molecule has 1 saturated carbocycles. The molecular formula is C9H15NO. The molecule has 1 aliphatic heterocycles. The van der Waals surface area contributed by atoms with E-state index in [2.05, 4.69) is 11.9 Å². The SMILES string of the molecule is CN1CCCC1(C=O)C1CC1. The lowest BCUT2D eigenvalue weighted by atomic mass is 9.92. The average molecular weight is 153 g/mol. The highest BCUT2D eigenvalue weighted by molar-refractivity contribution is 5.66. The standard InChI is InChI=1S/C9H15NO/c1-10-6-2-5-9(10,7-11)8-3-4-8/h7-8H,2-6H2,1H3. The number of likely N-dealkylation sites (N-methyl/N-ethyl adjacent to an activating group) is 1. The van der Waals surface area contributed by atoms with Crippen LogP contribution in [0, 0.1) is 5.92 Å². The van der Waals surface area contributed by atoms with E-state index in [4.69, 9.17) is 0 Å². The van der Waals surface area contributed by atoms with E-state index < -0.39 is 0 Å². The van der Waals surface area contributed by atoms with E-state index in [1.165, 1.54) is 25.5 Å². The Kier molecular flexibility index (Phi) is 1.53. The molecule has 0 radical (unpaired) electrons. The number of carbonyl (C=O) groups excluding carboxylic acids is 1. The summed E-state index contributed by atoms with van der Waals surface area (Å²) in [5.41, 5.74) is -0.0417. The fourth-order valence-electron chi connectivity index (χ4n) is 2.34. The minimum Gasteiger partial charge on any atom is -0.301 e. The topological polar surface area (TPSA) is 20.3 Å². The Balaban J connectivity index is 2.19. The molecule has 0 aromatic rings. The summed E-state index contributed by atoms with van der Waals surface area (Å²) in [6, 6.07) is 0. The number of hydrogen-bond acceptors (Lipinski definition) is 2. The van der Waals surface area contributed by atoms with Gasteiger partial charge in [0.05, 0.1) is 5.54 Å². The molecule has 2 fully saturated rings. The predicted molar refractivity (Wildman–Crippen MR) is 43.4 cm³/mol. The zero-order chi connectivity index (χ0) is 7.90. The summed E-state index contributed by atoms with van der Waals surface area (Å²) in [6.07, 6.45) is 6.02. The van der Waals surface area contributed by atoms with E-state index in [0.29, 0.717) is 5.92 Å². The molecular weight excluding hydrogens is 138 g/mol. The summed E-state index contributed by atoms with van der Waals surface area (Å²) in [5, 5.41) is 0. The third-order valence-electron chi connectivity index (χ3n) is 3.27. The molecule has 0 aromatic heterocycles. The highest BCUT2D eigenvalue weighted by Crippen LogP contribution is 2.46. The van der Waals surface area contributed by atoms with Gasteiger partial charge >= 0.3 is 0 Å². The van der Waals surface area contributed by atoms with Crippen LogP contribution in [0.4, 0.5) is 0 Å². The fourth-order valence-corrected chi connectivity index (χ4v) is 2.34. The molecule has 2 rings (SSSR count). The minimum atomic E-state index is -0.0417. The highest BCUT2D eigenvalue weighted by atomic mass is 16.1. The van der Waals surface area contributed by atoms with Crippen LogP contribution in [0.25, 0.3) is 0 Å². The van der Waals surface area contributed by atoms with Crippen LogP contribution in [0.5, 0.6) is 0 Å². The molecule has 1 atom stereocenters.